The van der Waals surface area contributed by atoms with Crippen molar-refractivity contribution in [2.24, 2.45) is 5.41 Å². The van der Waals surface area contributed by atoms with Gasteiger partial charge in [-0.25, -0.2) is 0 Å². The molecular weight excluding hydrogens is 230 g/mol. The van der Waals surface area contributed by atoms with Crippen LogP contribution in [0.3, 0.4) is 0 Å². The second kappa shape index (κ2) is 5.57. The zero-order valence-electron chi connectivity index (χ0n) is 11.9. The Balaban J connectivity index is 2.72. The smallest absolute Gasteiger partial charge is 0.255 e. The molecule has 1 aromatic rings. The molecular formula is C14H23NO3. The third-order valence-electron chi connectivity index (χ3n) is 3.30. The fourth-order valence-electron chi connectivity index (χ4n) is 1.93. The maximum Gasteiger partial charge on any atom is 0.255 e. The minimum atomic E-state index is -0.106. The Morgan fingerprint density at radius 3 is 2.33 bits per heavy atom. The highest BCUT2D eigenvalue weighted by molar-refractivity contribution is 5.96. The number of aliphatic hydroxyl groups excluding tert-OH is 1. The van der Waals surface area contributed by atoms with E-state index in [0.29, 0.717) is 24.3 Å². The highest BCUT2D eigenvalue weighted by atomic mass is 16.3. The van der Waals surface area contributed by atoms with Gasteiger partial charge in [-0.2, -0.15) is 0 Å². The van der Waals surface area contributed by atoms with Crippen molar-refractivity contribution in [3.05, 3.63) is 22.6 Å². The summed E-state index contributed by atoms with van der Waals surface area (Å²) in [5, 5.41) is 11.9. The first-order valence-corrected chi connectivity index (χ1v) is 6.24. The van der Waals surface area contributed by atoms with Crippen LogP contribution in [-0.2, 0) is 0 Å². The van der Waals surface area contributed by atoms with Gasteiger partial charge in [-0.05, 0) is 32.6 Å². The Bertz CT molecular complexity index is 432. The van der Waals surface area contributed by atoms with E-state index in [1.807, 2.05) is 27.7 Å². The van der Waals surface area contributed by atoms with E-state index in [1.165, 1.54) is 0 Å². The number of nitrogens with one attached hydrogen (secondary N) is 1. The molecule has 0 aliphatic heterocycles. The summed E-state index contributed by atoms with van der Waals surface area (Å²) in [4.78, 5) is 12.1. The molecule has 1 heterocycles. The molecule has 0 bridgehead atoms. The van der Waals surface area contributed by atoms with Gasteiger partial charge in [-0.15, -0.1) is 0 Å². The second-order valence-electron chi connectivity index (χ2n) is 5.53. The van der Waals surface area contributed by atoms with E-state index in [2.05, 4.69) is 5.32 Å². The van der Waals surface area contributed by atoms with Gasteiger partial charge in [0.1, 0.15) is 11.5 Å². The first kappa shape index (κ1) is 14.8. The molecule has 0 unspecified atom stereocenters. The quantitative estimate of drug-likeness (QED) is 0.846. The fourth-order valence-corrected chi connectivity index (χ4v) is 1.93. The van der Waals surface area contributed by atoms with Crippen LogP contribution in [0.1, 0.15) is 47.7 Å². The van der Waals surface area contributed by atoms with Gasteiger partial charge in [0.25, 0.3) is 5.91 Å². The average molecular weight is 253 g/mol. The van der Waals surface area contributed by atoms with Crippen LogP contribution in [0.4, 0.5) is 0 Å². The van der Waals surface area contributed by atoms with Gasteiger partial charge in [-0.1, -0.05) is 13.8 Å². The highest BCUT2D eigenvalue weighted by Crippen LogP contribution is 2.22. The van der Waals surface area contributed by atoms with Crippen molar-refractivity contribution in [1.82, 2.24) is 5.32 Å². The van der Waals surface area contributed by atoms with Gasteiger partial charge in [0.05, 0.1) is 5.56 Å². The number of hydrogen-bond donors (Lipinski definition) is 2. The van der Waals surface area contributed by atoms with Crippen molar-refractivity contribution in [2.75, 3.05) is 13.2 Å². The monoisotopic (exact) mass is 253 g/mol. The lowest BCUT2D eigenvalue weighted by Crippen LogP contribution is -2.34. The third kappa shape index (κ3) is 3.35. The number of hydrogen-bond acceptors (Lipinski definition) is 3. The molecule has 102 valence electrons. The SMILES string of the molecule is Cc1oc(C)c(C(=O)NCC(C)(C)CCO)c1C. The third-order valence-corrected chi connectivity index (χ3v) is 3.30. The Hall–Kier alpha value is -1.29. The standard InChI is InChI=1S/C14H23NO3/c1-9-10(2)18-11(3)12(9)13(17)15-8-14(4,5)6-7-16/h16H,6-8H2,1-5H3,(H,15,17). The largest absolute Gasteiger partial charge is 0.466 e. The predicted molar refractivity (Wildman–Crippen MR) is 70.7 cm³/mol. The minimum Gasteiger partial charge on any atom is -0.466 e. The predicted octanol–water partition coefficient (Wildman–Crippen LogP) is 2.34. The lowest BCUT2D eigenvalue weighted by atomic mass is 9.89. The minimum absolute atomic E-state index is 0.104. The second-order valence-corrected chi connectivity index (χ2v) is 5.53. The molecule has 0 saturated heterocycles. The molecule has 0 saturated carbocycles. The van der Waals surface area contributed by atoms with Crippen LogP contribution in [0.5, 0.6) is 0 Å². The number of aryl methyl sites for hydroxylation is 2. The van der Waals surface area contributed by atoms with E-state index in [-0.39, 0.29) is 17.9 Å². The normalized spacial score (nSPS) is 11.7. The van der Waals surface area contributed by atoms with Crippen LogP contribution in [0.15, 0.2) is 4.42 Å². The van der Waals surface area contributed by atoms with Crippen molar-refractivity contribution in [3.8, 4) is 0 Å². The number of carbonyl (C=O) groups is 1. The Kier molecular flexibility index (Phi) is 4.57. The van der Waals surface area contributed by atoms with E-state index >= 15 is 0 Å². The molecule has 4 heteroatoms. The lowest BCUT2D eigenvalue weighted by molar-refractivity contribution is 0.0926. The zero-order chi connectivity index (χ0) is 13.9. The number of furan rings is 1. The summed E-state index contributed by atoms with van der Waals surface area (Å²) in [5.41, 5.74) is 1.42. The van der Waals surface area contributed by atoms with E-state index in [0.717, 1.165) is 11.3 Å². The van der Waals surface area contributed by atoms with Crippen molar-refractivity contribution in [1.29, 1.82) is 0 Å². The molecule has 18 heavy (non-hydrogen) atoms. The van der Waals surface area contributed by atoms with E-state index in [4.69, 9.17) is 9.52 Å². The van der Waals surface area contributed by atoms with Crippen LogP contribution >= 0.6 is 0 Å². The summed E-state index contributed by atoms with van der Waals surface area (Å²) in [5.74, 6) is 1.34. The van der Waals surface area contributed by atoms with Crippen molar-refractivity contribution in [3.63, 3.8) is 0 Å². The van der Waals surface area contributed by atoms with Gasteiger partial charge < -0.3 is 14.8 Å². The lowest BCUT2D eigenvalue weighted by Gasteiger charge is -2.23. The molecule has 4 nitrogen and oxygen atoms in total. The van der Waals surface area contributed by atoms with Gasteiger partial charge in [0, 0.05) is 18.7 Å². The summed E-state index contributed by atoms with van der Waals surface area (Å²) in [6.07, 6.45) is 0.662. The number of carbonyl (C=O) groups excluding carboxylic acids is 1. The maximum atomic E-state index is 12.1. The molecule has 0 atom stereocenters. The van der Waals surface area contributed by atoms with E-state index < -0.39 is 0 Å². The highest BCUT2D eigenvalue weighted by Gasteiger charge is 2.22. The van der Waals surface area contributed by atoms with Gasteiger partial charge >= 0.3 is 0 Å². The van der Waals surface area contributed by atoms with Gasteiger partial charge in [0.2, 0.25) is 0 Å². The first-order valence-electron chi connectivity index (χ1n) is 6.24. The Morgan fingerprint density at radius 1 is 1.28 bits per heavy atom. The first-order chi connectivity index (χ1) is 8.28. The Morgan fingerprint density at radius 2 is 1.89 bits per heavy atom. The summed E-state index contributed by atoms with van der Waals surface area (Å²) < 4.78 is 5.45. The summed E-state index contributed by atoms with van der Waals surface area (Å²) >= 11 is 0. The van der Waals surface area contributed by atoms with Crippen LogP contribution in [-0.4, -0.2) is 24.2 Å². The molecule has 0 fully saturated rings. The average Bonchev–Trinajstić information content (AvgIpc) is 2.50. The molecule has 1 rings (SSSR count). The maximum absolute atomic E-state index is 12.1. The number of aliphatic hydroxyl groups is 1. The molecule has 0 spiro atoms. The van der Waals surface area contributed by atoms with Crippen LogP contribution in [0, 0.1) is 26.2 Å². The topological polar surface area (TPSA) is 62.5 Å². The number of amides is 1. The zero-order valence-corrected chi connectivity index (χ0v) is 11.9. The molecule has 2 N–H and O–H groups in total. The Labute approximate surface area is 108 Å². The van der Waals surface area contributed by atoms with Crippen molar-refractivity contribution in [2.45, 2.75) is 41.0 Å². The van der Waals surface area contributed by atoms with Gasteiger partial charge in [0.15, 0.2) is 0 Å². The summed E-state index contributed by atoms with van der Waals surface area (Å²) in [6.45, 7) is 10.2. The van der Waals surface area contributed by atoms with E-state index in [9.17, 15) is 4.79 Å². The number of rotatable bonds is 5. The molecule has 1 aromatic heterocycles. The molecule has 0 radical (unpaired) electrons. The van der Waals surface area contributed by atoms with Crippen LogP contribution in [0.25, 0.3) is 0 Å². The van der Waals surface area contributed by atoms with Crippen molar-refractivity contribution >= 4 is 5.91 Å². The molecule has 0 aliphatic rings. The summed E-state index contributed by atoms with van der Waals surface area (Å²) in [7, 11) is 0. The molecule has 0 aromatic carbocycles. The molecule has 0 aliphatic carbocycles. The van der Waals surface area contributed by atoms with E-state index in [1.54, 1.807) is 6.92 Å². The van der Waals surface area contributed by atoms with Crippen molar-refractivity contribution < 1.29 is 14.3 Å². The van der Waals surface area contributed by atoms with Gasteiger partial charge in [-0.3, -0.25) is 4.79 Å². The molecule has 1 amide bonds. The summed E-state index contributed by atoms with van der Waals surface area (Å²) in [6, 6.07) is 0. The fraction of sp³-hybridized carbons (Fsp3) is 0.643. The van der Waals surface area contributed by atoms with Crippen LogP contribution in [0.2, 0.25) is 0 Å². The van der Waals surface area contributed by atoms with Crippen LogP contribution < -0.4 is 5.32 Å².